The molecule has 0 spiro atoms. The van der Waals surface area contributed by atoms with Crippen LogP contribution in [-0.4, -0.2) is 0 Å². The molecule has 0 heterocycles. The maximum absolute atomic E-state index is 6.51. The molecule has 1 heteroatoms. The molecule has 0 aromatic heterocycles. The molecule has 1 fully saturated rings. The van der Waals surface area contributed by atoms with Crippen LogP contribution in [0.5, 0.6) is 0 Å². The topological polar surface area (TPSA) is 0 Å². The Morgan fingerprint density at radius 2 is 1.76 bits per heavy atom. The third-order valence-corrected chi connectivity index (χ3v) is 5.01. The van der Waals surface area contributed by atoms with E-state index in [0.717, 1.165) is 10.9 Å². The summed E-state index contributed by atoms with van der Waals surface area (Å²) >= 11 is 6.51. The lowest BCUT2D eigenvalue weighted by molar-refractivity contribution is 0.443. The van der Waals surface area contributed by atoms with Crippen LogP contribution >= 0.6 is 11.6 Å². The van der Waals surface area contributed by atoms with E-state index in [1.165, 1.54) is 56.1 Å². The quantitative estimate of drug-likeness (QED) is 0.621. The van der Waals surface area contributed by atoms with Crippen LogP contribution in [0.25, 0.3) is 0 Å². The van der Waals surface area contributed by atoms with Gasteiger partial charge in [-0.25, -0.2) is 0 Å². The van der Waals surface area contributed by atoms with E-state index in [1.54, 1.807) is 5.56 Å². The lowest BCUT2D eigenvalue weighted by Crippen LogP contribution is -2.06. The van der Waals surface area contributed by atoms with Crippen molar-refractivity contribution in [2.75, 3.05) is 0 Å². The van der Waals surface area contributed by atoms with Gasteiger partial charge < -0.3 is 0 Å². The summed E-state index contributed by atoms with van der Waals surface area (Å²) in [5.74, 6) is 1.44. The minimum atomic E-state index is 0.711. The third-order valence-electron chi connectivity index (χ3n) is 4.68. The van der Waals surface area contributed by atoms with Gasteiger partial charge in [0.1, 0.15) is 0 Å². The molecule has 1 atom stereocenters. The molecular weight excluding hydrogens is 228 g/mol. The predicted molar refractivity (Wildman–Crippen MR) is 74.0 cm³/mol. The summed E-state index contributed by atoms with van der Waals surface area (Å²) in [6.45, 7) is 2.32. The van der Waals surface area contributed by atoms with Gasteiger partial charge in [-0.3, -0.25) is 0 Å². The number of hydrogen-bond donors (Lipinski definition) is 0. The van der Waals surface area contributed by atoms with E-state index in [0.29, 0.717) is 5.92 Å². The first-order valence-corrected chi connectivity index (χ1v) is 7.45. The zero-order valence-corrected chi connectivity index (χ0v) is 11.4. The molecule has 0 nitrogen and oxygen atoms in total. The van der Waals surface area contributed by atoms with Gasteiger partial charge in [0.15, 0.2) is 0 Å². The molecule has 1 aromatic rings. The van der Waals surface area contributed by atoms with Crippen LogP contribution in [0.2, 0.25) is 5.02 Å². The molecular formula is C16H21Cl. The molecule has 2 aliphatic carbocycles. The summed E-state index contributed by atoms with van der Waals surface area (Å²) in [6.07, 6.45) is 9.42. The molecule has 0 radical (unpaired) electrons. The highest BCUT2D eigenvalue weighted by Crippen LogP contribution is 2.41. The van der Waals surface area contributed by atoms with E-state index in [9.17, 15) is 0 Å². The minimum absolute atomic E-state index is 0.711. The lowest BCUT2D eigenvalue weighted by Gasteiger charge is -2.24. The van der Waals surface area contributed by atoms with Crippen molar-refractivity contribution in [1.82, 2.24) is 0 Å². The predicted octanol–water partition coefficient (Wildman–Crippen LogP) is 5.44. The van der Waals surface area contributed by atoms with E-state index in [-0.39, 0.29) is 0 Å². The second-order valence-electron chi connectivity index (χ2n) is 5.85. The van der Waals surface area contributed by atoms with Gasteiger partial charge in [-0.1, -0.05) is 43.9 Å². The van der Waals surface area contributed by atoms with Crippen molar-refractivity contribution in [2.24, 2.45) is 0 Å². The fraction of sp³-hybridized carbons (Fsp3) is 0.625. The zero-order chi connectivity index (χ0) is 11.8. The van der Waals surface area contributed by atoms with E-state index in [2.05, 4.69) is 19.1 Å². The van der Waals surface area contributed by atoms with Crippen LogP contribution in [0.4, 0.5) is 0 Å². The highest BCUT2D eigenvalue weighted by Gasteiger charge is 2.24. The lowest BCUT2D eigenvalue weighted by atomic mass is 9.83. The SMILES string of the molecule is CC1CCc2cc(C3CCCCC3)c(Cl)cc21. The van der Waals surface area contributed by atoms with Crippen LogP contribution < -0.4 is 0 Å². The normalized spacial score (nSPS) is 24.9. The standard InChI is InChI=1S/C16H21Cl/c1-11-7-8-13-9-15(16(17)10-14(11)13)12-5-3-2-4-6-12/h9-12H,2-8H2,1H3. The Labute approximate surface area is 109 Å². The molecule has 17 heavy (non-hydrogen) atoms. The highest BCUT2D eigenvalue weighted by atomic mass is 35.5. The second-order valence-corrected chi connectivity index (χ2v) is 6.25. The Kier molecular flexibility index (Phi) is 3.17. The van der Waals surface area contributed by atoms with Crippen LogP contribution in [0.1, 0.15) is 74.0 Å². The average Bonchev–Trinajstić information content (AvgIpc) is 2.71. The third kappa shape index (κ3) is 2.12. The fourth-order valence-electron chi connectivity index (χ4n) is 3.58. The summed E-state index contributed by atoms with van der Waals surface area (Å²) < 4.78 is 0. The average molecular weight is 249 g/mol. The van der Waals surface area contributed by atoms with E-state index < -0.39 is 0 Å². The van der Waals surface area contributed by atoms with E-state index >= 15 is 0 Å². The molecule has 3 rings (SSSR count). The molecule has 1 saturated carbocycles. The molecule has 0 amide bonds. The van der Waals surface area contributed by atoms with Crippen LogP contribution in [0.15, 0.2) is 12.1 Å². The van der Waals surface area contributed by atoms with Crippen molar-refractivity contribution >= 4 is 11.6 Å². The number of halogens is 1. The van der Waals surface area contributed by atoms with Gasteiger partial charge in [-0.2, -0.15) is 0 Å². The number of benzene rings is 1. The van der Waals surface area contributed by atoms with Gasteiger partial charge in [0.2, 0.25) is 0 Å². The van der Waals surface area contributed by atoms with Gasteiger partial charge in [-0.15, -0.1) is 0 Å². The van der Waals surface area contributed by atoms with Gasteiger partial charge in [0.25, 0.3) is 0 Å². The summed E-state index contributed by atoms with van der Waals surface area (Å²) in [6, 6.07) is 4.69. The first-order valence-electron chi connectivity index (χ1n) is 7.08. The number of hydrogen-bond acceptors (Lipinski definition) is 0. The van der Waals surface area contributed by atoms with Gasteiger partial charge in [-0.05, 0) is 60.3 Å². The van der Waals surface area contributed by atoms with Crippen molar-refractivity contribution in [3.63, 3.8) is 0 Å². The summed E-state index contributed by atoms with van der Waals surface area (Å²) in [4.78, 5) is 0. The van der Waals surface area contributed by atoms with Crippen molar-refractivity contribution in [3.8, 4) is 0 Å². The largest absolute Gasteiger partial charge is 0.0840 e. The van der Waals surface area contributed by atoms with Crippen molar-refractivity contribution in [3.05, 3.63) is 33.8 Å². The Hall–Kier alpha value is -0.490. The molecule has 0 N–H and O–H groups in total. The number of aryl methyl sites for hydroxylation is 1. The van der Waals surface area contributed by atoms with Gasteiger partial charge >= 0.3 is 0 Å². The fourth-order valence-corrected chi connectivity index (χ4v) is 3.91. The minimum Gasteiger partial charge on any atom is -0.0840 e. The monoisotopic (exact) mass is 248 g/mol. The van der Waals surface area contributed by atoms with Gasteiger partial charge in [0.05, 0.1) is 0 Å². The van der Waals surface area contributed by atoms with E-state index in [4.69, 9.17) is 11.6 Å². The maximum atomic E-state index is 6.51. The van der Waals surface area contributed by atoms with Crippen molar-refractivity contribution < 1.29 is 0 Å². The van der Waals surface area contributed by atoms with Crippen LogP contribution in [0, 0.1) is 0 Å². The van der Waals surface area contributed by atoms with E-state index in [1.807, 2.05) is 0 Å². The molecule has 1 aromatic carbocycles. The Balaban J connectivity index is 1.95. The van der Waals surface area contributed by atoms with Crippen LogP contribution in [0.3, 0.4) is 0 Å². The van der Waals surface area contributed by atoms with Crippen molar-refractivity contribution in [2.45, 2.75) is 63.7 Å². The molecule has 0 saturated heterocycles. The smallest absolute Gasteiger partial charge is 0.0443 e. The second kappa shape index (κ2) is 4.65. The van der Waals surface area contributed by atoms with Crippen LogP contribution in [-0.2, 0) is 6.42 Å². The first kappa shape index (κ1) is 11.6. The molecule has 0 aliphatic heterocycles. The zero-order valence-electron chi connectivity index (χ0n) is 10.6. The Morgan fingerprint density at radius 1 is 1.00 bits per heavy atom. The van der Waals surface area contributed by atoms with Gasteiger partial charge in [0, 0.05) is 5.02 Å². The first-order chi connectivity index (χ1) is 8.25. The number of fused-ring (bicyclic) bond motifs is 1. The molecule has 92 valence electrons. The van der Waals surface area contributed by atoms with Crippen molar-refractivity contribution in [1.29, 1.82) is 0 Å². The number of rotatable bonds is 1. The molecule has 0 bridgehead atoms. The summed E-state index contributed by atoms with van der Waals surface area (Å²) in [5, 5.41) is 1.03. The highest BCUT2D eigenvalue weighted by molar-refractivity contribution is 6.31. The molecule has 1 unspecified atom stereocenters. The summed E-state index contributed by atoms with van der Waals surface area (Å²) in [7, 11) is 0. The maximum Gasteiger partial charge on any atom is 0.0443 e. The summed E-state index contributed by atoms with van der Waals surface area (Å²) in [5.41, 5.74) is 4.52. The molecule has 2 aliphatic rings. The Bertz CT molecular complexity index is 416. The Morgan fingerprint density at radius 3 is 2.53 bits per heavy atom.